The molecular formula is C72H58N2O16S4. The summed E-state index contributed by atoms with van der Waals surface area (Å²) in [6, 6.07) is 37.8. The van der Waals surface area contributed by atoms with Gasteiger partial charge in [0.2, 0.25) is 0 Å². The normalized spacial score (nSPS) is 14.1. The van der Waals surface area contributed by atoms with Gasteiger partial charge in [0.1, 0.15) is 0 Å². The van der Waals surface area contributed by atoms with E-state index in [1.807, 2.05) is 91.8 Å². The van der Waals surface area contributed by atoms with Crippen LogP contribution in [0.25, 0.3) is 87.6 Å². The average Bonchev–Trinajstić information content (AvgIpc) is 0.676. The molecule has 22 heteroatoms. The first-order chi connectivity index (χ1) is 44.2. The van der Waals surface area contributed by atoms with E-state index in [0.717, 1.165) is 48.5 Å². The second-order valence-corrected chi connectivity index (χ2v) is 30.6. The van der Waals surface area contributed by atoms with Crippen molar-refractivity contribution in [3.63, 3.8) is 0 Å². The first-order valence-electron chi connectivity index (χ1n) is 29.9. The van der Waals surface area contributed by atoms with Crippen LogP contribution in [0.15, 0.2) is 177 Å². The van der Waals surface area contributed by atoms with Gasteiger partial charge in [-0.1, -0.05) is 140 Å². The number of hydrogen-bond donors (Lipinski definition) is 4. The molecule has 0 radical (unpaired) electrons. The van der Waals surface area contributed by atoms with Crippen LogP contribution in [0.4, 0.5) is 11.4 Å². The van der Waals surface area contributed by atoms with Gasteiger partial charge in [0.15, 0.2) is 0 Å². The fourth-order valence-electron chi connectivity index (χ4n) is 13.8. The molecule has 2 heterocycles. The number of rotatable bonds is 14. The first kappa shape index (κ1) is 63.4. The Morgan fingerprint density at radius 2 is 0.553 bits per heavy atom. The number of nitrogens with zero attached hydrogens (tertiary/aromatic N) is 2. The van der Waals surface area contributed by atoms with Gasteiger partial charge in [-0.3, -0.25) is 37.4 Å². The SMILES string of the molecule is CC(C)c1cccc(C(C)C)c1N1C(=O)c2ccc3c4c(-c5ccc(S(=O)(=O)O)cc5-c5ccc(S(=O)(=O)O)cc5)cc5c6c(ccc(c7c(-c8ccc(S(=O)(=O)O)cc8-c8ccc(S(=O)(=O)O)cc8)cc(c2c37)C1=O)c64)C(=O)N(c1c(C(C)C)cccc1C(C)C)C5=O. The van der Waals surface area contributed by atoms with Crippen LogP contribution in [0, 0.1) is 0 Å². The molecule has 13 rings (SSSR count). The zero-order valence-corrected chi connectivity index (χ0v) is 54.8. The summed E-state index contributed by atoms with van der Waals surface area (Å²) in [4.78, 5) is 64.5. The highest BCUT2D eigenvalue weighted by Crippen LogP contribution is 2.55. The van der Waals surface area contributed by atoms with Crippen molar-refractivity contribution in [1.29, 1.82) is 0 Å². The van der Waals surface area contributed by atoms with Gasteiger partial charge < -0.3 is 0 Å². The van der Waals surface area contributed by atoms with E-state index in [2.05, 4.69) is 0 Å². The summed E-state index contributed by atoms with van der Waals surface area (Å²) >= 11 is 0. The molecule has 0 aliphatic carbocycles. The van der Waals surface area contributed by atoms with E-state index in [1.54, 1.807) is 36.4 Å². The quantitative estimate of drug-likeness (QED) is 0.0340. The molecule has 0 spiro atoms. The summed E-state index contributed by atoms with van der Waals surface area (Å²) in [5.74, 6) is -3.70. The average molecular weight is 1340 g/mol. The minimum Gasteiger partial charge on any atom is -0.282 e. The summed E-state index contributed by atoms with van der Waals surface area (Å²) in [6.07, 6.45) is 0. The zero-order valence-electron chi connectivity index (χ0n) is 51.5. The molecule has 2 aliphatic rings. The van der Waals surface area contributed by atoms with E-state index >= 15 is 19.2 Å². The number of amides is 4. The Balaban J connectivity index is 1.26. The number of hydrogen-bond acceptors (Lipinski definition) is 12. The Kier molecular flexibility index (Phi) is 14.9. The van der Waals surface area contributed by atoms with Crippen molar-refractivity contribution in [2.45, 2.75) is 98.6 Å². The molecule has 0 atom stereocenters. The molecule has 2 aliphatic heterocycles. The van der Waals surface area contributed by atoms with Crippen LogP contribution < -0.4 is 9.80 Å². The monoisotopic (exact) mass is 1330 g/mol. The molecule has 0 saturated heterocycles. The highest BCUT2D eigenvalue weighted by molar-refractivity contribution is 7.86. The van der Waals surface area contributed by atoms with E-state index in [-0.39, 0.29) is 112 Å². The maximum absolute atomic E-state index is 16.3. The van der Waals surface area contributed by atoms with E-state index < -0.39 is 83.7 Å². The molecule has 11 aromatic carbocycles. The van der Waals surface area contributed by atoms with Crippen molar-refractivity contribution >= 4 is 119 Å². The van der Waals surface area contributed by atoms with E-state index in [0.29, 0.717) is 55.2 Å². The van der Waals surface area contributed by atoms with Gasteiger partial charge in [0, 0.05) is 33.0 Å². The Labute approximate surface area is 541 Å². The fourth-order valence-corrected chi connectivity index (χ4v) is 15.7. The van der Waals surface area contributed by atoms with Crippen LogP contribution in [0.3, 0.4) is 0 Å². The van der Waals surface area contributed by atoms with Gasteiger partial charge in [-0.25, -0.2) is 9.80 Å². The molecule has 0 bridgehead atoms. The summed E-state index contributed by atoms with van der Waals surface area (Å²) in [6.45, 7) is 15.5. The molecule has 4 amide bonds. The smallest absolute Gasteiger partial charge is 0.282 e. The van der Waals surface area contributed by atoms with Gasteiger partial charge in [0.25, 0.3) is 64.1 Å². The molecule has 0 unspecified atom stereocenters. The maximum atomic E-state index is 16.3. The van der Waals surface area contributed by atoms with Gasteiger partial charge in [-0.05, 0) is 196 Å². The third-order valence-electron chi connectivity index (χ3n) is 18.1. The summed E-state index contributed by atoms with van der Waals surface area (Å²) in [5, 5.41) is 2.08. The van der Waals surface area contributed by atoms with E-state index in [1.165, 1.54) is 46.2 Å². The largest absolute Gasteiger partial charge is 0.294 e. The maximum Gasteiger partial charge on any atom is 0.294 e. The van der Waals surface area contributed by atoms with Crippen LogP contribution in [-0.2, 0) is 40.5 Å². The van der Waals surface area contributed by atoms with Crippen LogP contribution in [0.5, 0.6) is 0 Å². The third kappa shape index (κ3) is 10.0. The highest BCUT2D eigenvalue weighted by Gasteiger charge is 2.43. The van der Waals surface area contributed by atoms with E-state index in [4.69, 9.17) is 0 Å². The van der Waals surface area contributed by atoms with Crippen molar-refractivity contribution < 1.29 is 71.1 Å². The van der Waals surface area contributed by atoms with Crippen molar-refractivity contribution in [2.75, 3.05) is 9.80 Å². The van der Waals surface area contributed by atoms with Gasteiger partial charge in [0.05, 0.1) is 31.0 Å². The Morgan fingerprint density at radius 3 is 0.840 bits per heavy atom. The molecule has 0 saturated carbocycles. The van der Waals surface area contributed by atoms with Gasteiger partial charge in [-0.2, -0.15) is 33.7 Å². The lowest BCUT2D eigenvalue weighted by Crippen LogP contribution is -2.42. The minimum absolute atomic E-state index is 0.0107. The van der Waals surface area contributed by atoms with Crippen molar-refractivity contribution in [3.05, 3.63) is 202 Å². The zero-order chi connectivity index (χ0) is 67.5. The second kappa shape index (κ2) is 22.1. The fraction of sp³-hybridized carbons (Fsp3) is 0.167. The number of benzene rings is 11. The van der Waals surface area contributed by atoms with Crippen molar-refractivity contribution in [1.82, 2.24) is 0 Å². The van der Waals surface area contributed by atoms with Crippen LogP contribution >= 0.6 is 0 Å². The molecule has 94 heavy (non-hydrogen) atoms. The highest BCUT2D eigenvalue weighted by atomic mass is 32.2. The number of anilines is 2. The molecular weight excluding hydrogens is 1280 g/mol. The van der Waals surface area contributed by atoms with Crippen LogP contribution in [0.1, 0.15) is 143 Å². The summed E-state index contributed by atoms with van der Waals surface area (Å²) in [5.41, 5.74) is 4.87. The molecule has 18 nitrogen and oxygen atoms in total. The van der Waals surface area contributed by atoms with Crippen LogP contribution in [-0.4, -0.2) is 75.5 Å². The summed E-state index contributed by atoms with van der Waals surface area (Å²) in [7, 11) is -19.5. The Bertz CT molecular complexity index is 5300. The van der Waals surface area contributed by atoms with Gasteiger partial charge >= 0.3 is 0 Å². The standard InChI is InChI=1S/C72H58N2O16S4/c1-35(2)45-11-9-12-46(36(3)4)67(45)73-69(75)53-29-27-51-62-58(50-26-24-44(94(88,89)90)32-56(50)40-17-21-42(22-18-40)92(82,83)84)34-60-64-54(70(76)74(72(60)78)68-47(37(5)6)13-10-14-48(68)38(7)8)30-28-52(66(62)64)61-57(33-59(71(73)77)63(53)65(51)61)49-25-23-43(93(85,86)87)31-55(49)39-15-19-41(20-16-39)91(79,80)81/h9-38H,1-8H3,(H,79,80,81)(H,82,83,84)(H,85,86,87)(H,88,89,90). The Hall–Kier alpha value is -9.36. The number of imide groups is 2. The van der Waals surface area contributed by atoms with Crippen molar-refractivity contribution in [3.8, 4) is 44.5 Å². The predicted octanol–water partition coefficient (Wildman–Crippen LogP) is 15.5. The first-order valence-corrected chi connectivity index (χ1v) is 35.7. The van der Waals surface area contributed by atoms with Crippen LogP contribution in [0.2, 0.25) is 0 Å². The lowest BCUT2D eigenvalue weighted by molar-refractivity contribution is 0.0877. The topological polar surface area (TPSA) is 292 Å². The lowest BCUT2D eigenvalue weighted by atomic mass is 9.76. The number of fused-ring (bicyclic) bond motifs is 2. The predicted molar refractivity (Wildman–Crippen MR) is 360 cm³/mol. The molecule has 11 aromatic rings. The van der Waals surface area contributed by atoms with E-state index in [9.17, 15) is 51.9 Å². The molecule has 0 fully saturated rings. The third-order valence-corrected chi connectivity index (χ3v) is 21.5. The van der Waals surface area contributed by atoms with Crippen molar-refractivity contribution in [2.24, 2.45) is 0 Å². The lowest BCUT2D eigenvalue weighted by Gasteiger charge is -2.34. The molecule has 4 N–H and O–H groups in total. The molecule has 476 valence electrons. The summed E-state index contributed by atoms with van der Waals surface area (Å²) < 4.78 is 144. The Morgan fingerprint density at radius 1 is 0.277 bits per heavy atom. The number of carbonyl (C=O) groups is 4. The minimum atomic E-state index is -4.98. The number of carbonyl (C=O) groups excluding carboxylic acids is 4. The number of para-hydroxylation sites is 2. The van der Waals surface area contributed by atoms with Gasteiger partial charge in [-0.15, -0.1) is 0 Å². The molecule has 0 aromatic heterocycles. The second-order valence-electron chi connectivity index (χ2n) is 25.0.